The second-order valence-corrected chi connectivity index (χ2v) is 5.95. The molecule has 2 unspecified atom stereocenters. The van der Waals surface area contributed by atoms with Crippen molar-refractivity contribution in [3.63, 3.8) is 0 Å². The van der Waals surface area contributed by atoms with Crippen LogP contribution < -0.4 is 10.6 Å². The van der Waals surface area contributed by atoms with Gasteiger partial charge in [-0.15, -0.1) is 0 Å². The van der Waals surface area contributed by atoms with Gasteiger partial charge in [0.2, 0.25) is 11.8 Å². The van der Waals surface area contributed by atoms with Gasteiger partial charge in [-0.1, -0.05) is 6.92 Å². The van der Waals surface area contributed by atoms with Crippen LogP contribution in [-0.4, -0.2) is 48.9 Å². The predicted molar refractivity (Wildman–Crippen MR) is 66.7 cm³/mol. The summed E-state index contributed by atoms with van der Waals surface area (Å²) in [4.78, 5) is 25.8. The van der Waals surface area contributed by atoms with E-state index in [1.807, 2.05) is 11.8 Å². The standard InChI is InChI=1S/C13H21N3O2/c1-7-5-16(6-9(7)12(17)14-2)13(18)11-10(15-11)8-3-4-8/h7-11,15H,3-6H2,1-2H3,(H,14,17)/t7?,9?,10-,11-/m1/s1. The number of nitrogens with zero attached hydrogens (tertiary/aromatic N) is 1. The van der Waals surface area contributed by atoms with E-state index in [1.165, 1.54) is 12.8 Å². The Labute approximate surface area is 107 Å². The highest BCUT2D eigenvalue weighted by Gasteiger charge is 2.53. The molecule has 0 aromatic heterocycles. The normalized spacial score (nSPS) is 38.7. The van der Waals surface area contributed by atoms with Crippen LogP contribution >= 0.6 is 0 Å². The van der Waals surface area contributed by atoms with Crippen molar-refractivity contribution in [2.75, 3.05) is 20.1 Å². The molecular formula is C13H21N3O2. The highest BCUT2D eigenvalue weighted by molar-refractivity contribution is 5.87. The third-order valence-corrected chi connectivity index (χ3v) is 4.53. The van der Waals surface area contributed by atoms with Crippen molar-refractivity contribution in [1.29, 1.82) is 0 Å². The number of hydrogen-bond donors (Lipinski definition) is 2. The minimum Gasteiger partial charge on any atom is -0.359 e. The van der Waals surface area contributed by atoms with Crippen molar-refractivity contribution in [2.45, 2.75) is 31.8 Å². The topological polar surface area (TPSA) is 71.4 Å². The molecular weight excluding hydrogens is 230 g/mol. The van der Waals surface area contributed by atoms with E-state index >= 15 is 0 Å². The first-order chi connectivity index (χ1) is 8.61. The number of hydrogen-bond acceptors (Lipinski definition) is 3. The molecule has 0 bridgehead atoms. The second-order valence-electron chi connectivity index (χ2n) is 5.95. The van der Waals surface area contributed by atoms with Crippen LogP contribution in [0.1, 0.15) is 19.8 Å². The molecule has 0 radical (unpaired) electrons. The monoisotopic (exact) mass is 251 g/mol. The molecule has 4 atom stereocenters. The Hall–Kier alpha value is -1.10. The zero-order valence-electron chi connectivity index (χ0n) is 11.0. The van der Waals surface area contributed by atoms with Gasteiger partial charge in [0.25, 0.3) is 0 Å². The van der Waals surface area contributed by atoms with Crippen LogP contribution in [-0.2, 0) is 9.59 Å². The maximum absolute atomic E-state index is 12.3. The first kappa shape index (κ1) is 12.0. The summed E-state index contributed by atoms with van der Waals surface area (Å²) >= 11 is 0. The van der Waals surface area contributed by atoms with Crippen molar-refractivity contribution >= 4 is 11.8 Å². The Morgan fingerprint density at radius 2 is 2.00 bits per heavy atom. The summed E-state index contributed by atoms with van der Waals surface area (Å²) in [6.45, 7) is 3.34. The van der Waals surface area contributed by atoms with Gasteiger partial charge < -0.3 is 10.2 Å². The Bertz CT molecular complexity index is 380. The average Bonchev–Trinajstić information content (AvgIpc) is 3.23. The molecule has 2 aliphatic heterocycles. The third kappa shape index (κ3) is 2.00. The van der Waals surface area contributed by atoms with Gasteiger partial charge in [-0.2, -0.15) is 0 Å². The summed E-state index contributed by atoms with van der Waals surface area (Å²) in [5.74, 6) is 1.20. The average molecular weight is 251 g/mol. The smallest absolute Gasteiger partial charge is 0.241 e. The van der Waals surface area contributed by atoms with E-state index in [4.69, 9.17) is 0 Å². The Morgan fingerprint density at radius 1 is 1.28 bits per heavy atom. The van der Waals surface area contributed by atoms with E-state index in [0.717, 1.165) is 5.92 Å². The summed E-state index contributed by atoms with van der Waals surface area (Å²) in [6.07, 6.45) is 2.53. The molecule has 5 heteroatoms. The lowest BCUT2D eigenvalue weighted by Gasteiger charge is -2.15. The largest absolute Gasteiger partial charge is 0.359 e. The van der Waals surface area contributed by atoms with Crippen molar-refractivity contribution in [2.24, 2.45) is 17.8 Å². The highest BCUT2D eigenvalue weighted by atomic mass is 16.2. The van der Waals surface area contributed by atoms with E-state index in [-0.39, 0.29) is 29.7 Å². The van der Waals surface area contributed by atoms with E-state index in [9.17, 15) is 9.59 Å². The summed E-state index contributed by atoms with van der Waals surface area (Å²) < 4.78 is 0. The van der Waals surface area contributed by atoms with Gasteiger partial charge in [-0.05, 0) is 24.7 Å². The number of carbonyl (C=O) groups excluding carboxylic acids is 2. The molecule has 1 aliphatic carbocycles. The van der Waals surface area contributed by atoms with Crippen molar-refractivity contribution < 1.29 is 9.59 Å². The maximum Gasteiger partial charge on any atom is 0.241 e. The Balaban J connectivity index is 1.57. The Morgan fingerprint density at radius 3 is 2.61 bits per heavy atom. The zero-order valence-corrected chi connectivity index (χ0v) is 11.0. The van der Waals surface area contributed by atoms with Gasteiger partial charge in [0, 0.05) is 26.2 Å². The summed E-state index contributed by atoms with van der Waals surface area (Å²) in [7, 11) is 1.66. The van der Waals surface area contributed by atoms with Gasteiger partial charge in [-0.3, -0.25) is 14.9 Å². The first-order valence-electron chi connectivity index (χ1n) is 6.88. The molecule has 0 aromatic carbocycles. The van der Waals surface area contributed by atoms with Crippen LogP contribution in [0.15, 0.2) is 0 Å². The molecule has 3 fully saturated rings. The SMILES string of the molecule is CNC(=O)C1CN(C(=O)[C@@H]2N[C@@H]2C2CC2)CC1C. The molecule has 5 nitrogen and oxygen atoms in total. The van der Waals surface area contributed by atoms with Gasteiger partial charge in [0.1, 0.15) is 6.04 Å². The van der Waals surface area contributed by atoms with E-state index in [2.05, 4.69) is 10.6 Å². The lowest BCUT2D eigenvalue weighted by Crippen LogP contribution is -2.36. The quantitative estimate of drug-likeness (QED) is 0.669. The second kappa shape index (κ2) is 4.23. The minimum atomic E-state index is -0.0444. The van der Waals surface area contributed by atoms with E-state index < -0.39 is 0 Å². The molecule has 1 saturated carbocycles. The predicted octanol–water partition coefficient (Wildman–Crippen LogP) is -0.423. The number of likely N-dealkylation sites (tertiary alicyclic amines) is 1. The lowest BCUT2D eigenvalue weighted by molar-refractivity contribution is -0.130. The van der Waals surface area contributed by atoms with Gasteiger partial charge in [0.05, 0.1) is 5.92 Å². The molecule has 2 N–H and O–H groups in total. The maximum atomic E-state index is 12.3. The lowest BCUT2D eigenvalue weighted by atomic mass is 9.98. The number of carbonyl (C=O) groups is 2. The van der Waals surface area contributed by atoms with Crippen LogP contribution in [0.4, 0.5) is 0 Å². The number of nitrogens with one attached hydrogen (secondary N) is 2. The molecule has 2 amide bonds. The fraction of sp³-hybridized carbons (Fsp3) is 0.846. The summed E-state index contributed by atoms with van der Waals surface area (Å²) in [5, 5.41) is 5.97. The highest BCUT2D eigenvalue weighted by Crippen LogP contribution is 2.40. The molecule has 0 aromatic rings. The van der Waals surface area contributed by atoms with Crippen LogP contribution in [0, 0.1) is 17.8 Å². The minimum absolute atomic E-state index is 0.0353. The van der Waals surface area contributed by atoms with Crippen molar-refractivity contribution in [3.8, 4) is 0 Å². The third-order valence-electron chi connectivity index (χ3n) is 4.53. The van der Waals surface area contributed by atoms with E-state index in [0.29, 0.717) is 19.1 Å². The number of rotatable bonds is 3. The van der Waals surface area contributed by atoms with Crippen LogP contribution in [0.3, 0.4) is 0 Å². The fourth-order valence-corrected chi connectivity index (χ4v) is 3.11. The summed E-state index contributed by atoms with van der Waals surface area (Å²) in [5.41, 5.74) is 0. The van der Waals surface area contributed by atoms with Crippen molar-refractivity contribution in [3.05, 3.63) is 0 Å². The molecule has 0 spiro atoms. The van der Waals surface area contributed by atoms with Crippen molar-refractivity contribution in [1.82, 2.24) is 15.5 Å². The first-order valence-corrected chi connectivity index (χ1v) is 6.88. The van der Waals surface area contributed by atoms with Crippen LogP contribution in [0.2, 0.25) is 0 Å². The summed E-state index contributed by atoms with van der Waals surface area (Å²) in [6, 6.07) is 0.458. The Kier molecular flexibility index (Phi) is 2.81. The molecule has 2 heterocycles. The molecule has 100 valence electrons. The van der Waals surface area contributed by atoms with Gasteiger partial charge >= 0.3 is 0 Å². The van der Waals surface area contributed by atoms with E-state index in [1.54, 1.807) is 7.05 Å². The molecule has 3 rings (SSSR count). The van der Waals surface area contributed by atoms with Gasteiger partial charge in [-0.25, -0.2) is 0 Å². The van der Waals surface area contributed by atoms with Gasteiger partial charge in [0.15, 0.2) is 0 Å². The van der Waals surface area contributed by atoms with Crippen LogP contribution in [0.5, 0.6) is 0 Å². The molecule has 2 saturated heterocycles. The fourth-order valence-electron chi connectivity index (χ4n) is 3.11. The number of amides is 2. The zero-order chi connectivity index (χ0) is 12.9. The molecule has 18 heavy (non-hydrogen) atoms. The molecule has 3 aliphatic rings. The van der Waals surface area contributed by atoms with Crippen LogP contribution in [0.25, 0.3) is 0 Å².